The van der Waals surface area contributed by atoms with Crippen molar-refractivity contribution in [2.24, 2.45) is 7.05 Å². The summed E-state index contributed by atoms with van der Waals surface area (Å²) in [5.41, 5.74) is 1.92. The fourth-order valence-corrected chi connectivity index (χ4v) is 1.80. The number of aryl methyl sites for hydroxylation is 1. The SMILES string of the molecule is Cn1cc(Oc2cc(CCl)cc(C(C)(C)C)n2)cn1. The third kappa shape index (κ3) is 3.47. The average molecular weight is 280 g/mol. The van der Waals surface area contributed by atoms with Crippen LogP contribution in [0.25, 0.3) is 0 Å². The molecule has 5 heteroatoms. The van der Waals surface area contributed by atoms with E-state index in [1.807, 2.05) is 19.2 Å². The molecule has 0 aliphatic heterocycles. The van der Waals surface area contributed by atoms with Crippen molar-refractivity contribution < 1.29 is 4.74 Å². The van der Waals surface area contributed by atoms with Crippen molar-refractivity contribution in [1.82, 2.24) is 14.8 Å². The first-order valence-corrected chi connectivity index (χ1v) is 6.66. The van der Waals surface area contributed by atoms with Crippen LogP contribution in [0.5, 0.6) is 11.6 Å². The van der Waals surface area contributed by atoms with Gasteiger partial charge in [0, 0.05) is 24.4 Å². The molecule has 2 aromatic heterocycles. The lowest BCUT2D eigenvalue weighted by Crippen LogP contribution is -2.14. The molecule has 2 aromatic rings. The van der Waals surface area contributed by atoms with Gasteiger partial charge in [-0.3, -0.25) is 4.68 Å². The number of aromatic nitrogens is 3. The molecule has 0 amide bonds. The monoisotopic (exact) mass is 279 g/mol. The van der Waals surface area contributed by atoms with E-state index in [1.165, 1.54) is 0 Å². The van der Waals surface area contributed by atoms with Crippen molar-refractivity contribution in [3.8, 4) is 11.6 Å². The number of pyridine rings is 1. The first-order chi connectivity index (χ1) is 8.88. The smallest absolute Gasteiger partial charge is 0.219 e. The lowest BCUT2D eigenvalue weighted by atomic mass is 9.91. The third-order valence-electron chi connectivity index (χ3n) is 2.69. The molecule has 0 aliphatic rings. The number of hydrogen-bond acceptors (Lipinski definition) is 3. The third-order valence-corrected chi connectivity index (χ3v) is 3.00. The maximum Gasteiger partial charge on any atom is 0.219 e. The first kappa shape index (κ1) is 13.9. The summed E-state index contributed by atoms with van der Waals surface area (Å²) in [7, 11) is 1.84. The molecular weight excluding hydrogens is 262 g/mol. The Morgan fingerprint density at radius 1 is 1.32 bits per heavy atom. The molecule has 0 saturated heterocycles. The fraction of sp³-hybridized carbons (Fsp3) is 0.429. The van der Waals surface area contributed by atoms with E-state index in [1.54, 1.807) is 17.1 Å². The van der Waals surface area contributed by atoms with Crippen LogP contribution >= 0.6 is 11.6 Å². The number of alkyl halides is 1. The second-order valence-electron chi connectivity index (χ2n) is 5.53. The number of halogens is 1. The molecule has 0 bridgehead atoms. The molecule has 0 saturated carbocycles. The van der Waals surface area contributed by atoms with Gasteiger partial charge in [0.05, 0.1) is 18.1 Å². The van der Waals surface area contributed by atoms with Gasteiger partial charge in [-0.2, -0.15) is 5.10 Å². The largest absolute Gasteiger partial charge is 0.436 e. The van der Waals surface area contributed by atoms with Gasteiger partial charge in [0.15, 0.2) is 5.75 Å². The van der Waals surface area contributed by atoms with Gasteiger partial charge in [-0.1, -0.05) is 20.8 Å². The van der Waals surface area contributed by atoms with Crippen molar-refractivity contribution in [3.05, 3.63) is 35.8 Å². The topological polar surface area (TPSA) is 39.9 Å². The van der Waals surface area contributed by atoms with Crippen molar-refractivity contribution >= 4 is 11.6 Å². The van der Waals surface area contributed by atoms with E-state index >= 15 is 0 Å². The normalized spacial score (nSPS) is 11.6. The highest BCUT2D eigenvalue weighted by molar-refractivity contribution is 6.17. The van der Waals surface area contributed by atoms with Gasteiger partial charge in [-0.15, -0.1) is 11.6 Å². The predicted octanol–water partition coefficient (Wildman–Crippen LogP) is 3.64. The Balaban J connectivity index is 2.34. The van der Waals surface area contributed by atoms with Crippen molar-refractivity contribution in [3.63, 3.8) is 0 Å². The van der Waals surface area contributed by atoms with E-state index in [-0.39, 0.29) is 5.41 Å². The summed E-state index contributed by atoms with van der Waals surface area (Å²) in [4.78, 5) is 4.54. The molecule has 102 valence electrons. The van der Waals surface area contributed by atoms with E-state index in [2.05, 4.69) is 30.9 Å². The molecule has 2 heterocycles. The van der Waals surface area contributed by atoms with Crippen molar-refractivity contribution in [1.29, 1.82) is 0 Å². The minimum absolute atomic E-state index is 0.0465. The van der Waals surface area contributed by atoms with Crippen LogP contribution < -0.4 is 4.74 Å². The zero-order chi connectivity index (χ0) is 14.0. The molecule has 4 nitrogen and oxygen atoms in total. The molecule has 0 fully saturated rings. The maximum atomic E-state index is 5.93. The van der Waals surface area contributed by atoms with Crippen LogP contribution in [0, 0.1) is 0 Å². The van der Waals surface area contributed by atoms with Gasteiger partial charge in [-0.05, 0) is 11.6 Å². The predicted molar refractivity (Wildman–Crippen MR) is 75.8 cm³/mol. The van der Waals surface area contributed by atoms with Crippen LogP contribution in [-0.2, 0) is 18.3 Å². The quantitative estimate of drug-likeness (QED) is 0.805. The number of nitrogens with zero attached hydrogens (tertiary/aromatic N) is 3. The Morgan fingerprint density at radius 3 is 2.58 bits per heavy atom. The highest BCUT2D eigenvalue weighted by atomic mass is 35.5. The maximum absolute atomic E-state index is 5.93. The summed E-state index contributed by atoms with van der Waals surface area (Å²) in [6, 6.07) is 3.87. The van der Waals surface area contributed by atoms with Crippen molar-refractivity contribution in [2.45, 2.75) is 32.1 Å². The van der Waals surface area contributed by atoms with Crippen LogP contribution in [0.2, 0.25) is 0 Å². The summed E-state index contributed by atoms with van der Waals surface area (Å²) in [5.74, 6) is 1.66. The molecule has 0 N–H and O–H groups in total. The van der Waals surface area contributed by atoms with Crippen LogP contribution in [0.1, 0.15) is 32.0 Å². The summed E-state index contributed by atoms with van der Waals surface area (Å²) >= 11 is 5.93. The molecule has 0 unspecified atom stereocenters. The van der Waals surface area contributed by atoms with E-state index in [9.17, 15) is 0 Å². The van der Waals surface area contributed by atoms with Crippen LogP contribution in [-0.4, -0.2) is 14.8 Å². The molecule has 0 atom stereocenters. The lowest BCUT2D eigenvalue weighted by molar-refractivity contribution is 0.450. The molecule has 0 spiro atoms. The second kappa shape index (κ2) is 5.21. The van der Waals surface area contributed by atoms with Gasteiger partial charge >= 0.3 is 0 Å². The Hall–Kier alpha value is -1.55. The van der Waals surface area contributed by atoms with Crippen LogP contribution in [0.4, 0.5) is 0 Å². The minimum Gasteiger partial charge on any atom is -0.436 e. The lowest BCUT2D eigenvalue weighted by Gasteiger charge is -2.19. The Bertz CT molecular complexity index is 572. The van der Waals surface area contributed by atoms with Crippen LogP contribution in [0.3, 0.4) is 0 Å². The van der Waals surface area contributed by atoms with Gasteiger partial charge in [-0.25, -0.2) is 4.98 Å². The molecule has 0 aromatic carbocycles. The van der Waals surface area contributed by atoms with E-state index in [4.69, 9.17) is 16.3 Å². The van der Waals surface area contributed by atoms with Gasteiger partial charge in [0.2, 0.25) is 5.88 Å². The minimum atomic E-state index is -0.0465. The number of ether oxygens (including phenoxy) is 1. The zero-order valence-electron chi connectivity index (χ0n) is 11.6. The Kier molecular flexibility index (Phi) is 3.80. The van der Waals surface area contributed by atoms with E-state index in [0.29, 0.717) is 17.5 Å². The highest BCUT2D eigenvalue weighted by Crippen LogP contribution is 2.27. The first-order valence-electron chi connectivity index (χ1n) is 6.12. The highest BCUT2D eigenvalue weighted by Gasteiger charge is 2.17. The second-order valence-corrected chi connectivity index (χ2v) is 5.80. The number of rotatable bonds is 3. The summed E-state index contributed by atoms with van der Waals surface area (Å²) in [6.45, 7) is 6.34. The summed E-state index contributed by atoms with van der Waals surface area (Å²) in [6.07, 6.45) is 3.46. The molecule has 0 radical (unpaired) electrons. The molecular formula is C14H18ClN3O. The fourth-order valence-electron chi connectivity index (χ4n) is 1.65. The van der Waals surface area contributed by atoms with Crippen molar-refractivity contribution in [2.75, 3.05) is 0 Å². The van der Waals surface area contributed by atoms with Gasteiger partial charge < -0.3 is 4.74 Å². The van der Waals surface area contributed by atoms with E-state index < -0.39 is 0 Å². The summed E-state index contributed by atoms with van der Waals surface area (Å²) < 4.78 is 7.41. The van der Waals surface area contributed by atoms with Gasteiger partial charge in [0.1, 0.15) is 0 Å². The zero-order valence-corrected chi connectivity index (χ0v) is 12.4. The number of hydrogen-bond donors (Lipinski definition) is 0. The molecule has 0 aliphatic carbocycles. The Labute approximate surface area is 118 Å². The van der Waals surface area contributed by atoms with Gasteiger partial charge in [0.25, 0.3) is 0 Å². The standard InChI is InChI=1S/C14H18ClN3O/c1-14(2,3)12-5-10(7-15)6-13(17-12)19-11-8-16-18(4)9-11/h5-6,8-9H,7H2,1-4H3. The average Bonchev–Trinajstić information content (AvgIpc) is 2.73. The van der Waals surface area contributed by atoms with Crippen LogP contribution in [0.15, 0.2) is 24.5 Å². The molecule has 19 heavy (non-hydrogen) atoms. The molecule has 2 rings (SSSR count). The Morgan fingerprint density at radius 2 is 2.05 bits per heavy atom. The summed E-state index contributed by atoms with van der Waals surface area (Å²) in [5, 5.41) is 4.06. The van der Waals surface area contributed by atoms with E-state index in [0.717, 1.165) is 11.3 Å².